The van der Waals surface area contributed by atoms with Crippen LogP contribution in [-0.2, 0) is 6.54 Å². The summed E-state index contributed by atoms with van der Waals surface area (Å²) in [5, 5.41) is 3.26. The van der Waals surface area contributed by atoms with Crippen molar-refractivity contribution in [1.29, 1.82) is 0 Å². The molecule has 0 aliphatic heterocycles. The molecule has 0 amide bonds. The average Bonchev–Trinajstić information content (AvgIpc) is 2.52. The van der Waals surface area contributed by atoms with Gasteiger partial charge in [-0.3, -0.25) is 4.79 Å². The minimum atomic E-state index is -0.238. The highest BCUT2D eigenvalue weighted by atomic mass is 16.5. The molecular formula is C18H21NO2. The molecule has 0 saturated carbocycles. The lowest BCUT2D eigenvalue weighted by Crippen LogP contribution is -2.33. The Morgan fingerprint density at radius 2 is 1.81 bits per heavy atom. The van der Waals surface area contributed by atoms with E-state index in [0.29, 0.717) is 6.54 Å². The molecule has 3 heteroatoms. The van der Waals surface area contributed by atoms with Gasteiger partial charge in [0.05, 0.1) is 13.2 Å². The van der Waals surface area contributed by atoms with Gasteiger partial charge in [0.25, 0.3) is 0 Å². The molecule has 2 rings (SSSR count). The van der Waals surface area contributed by atoms with E-state index in [1.165, 1.54) is 0 Å². The summed E-state index contributed by atoms with van der Waals surface area (Å²) < 4.78 is 5.31. The Labute approximate surface area is 126 Å². The van der Waals surface area contributed by atoms with Gasteiger partial charge in [-0.15, -0.1) is 0 Å². The third-order valence-electron chi connectivity index (χ3n) is 3.52. The number of ether oxygens (including phenoxy) is 1. The Kier molecular flexibility index (Phi) is 5.12. The number of aryl methyl sites for hydroxylation is 1. The lowest BCUT2D eigenvalue weighted by Gasteiger charge is -2.14. The van der Waals surface area contributed by atoms with Crippen LogP contribution in [0.25, 0.3) is 0 Å². The fourth-order valence-corrected chi connectivity index (χ4v) is 2.17. The molecule has 21 heavy (non-hydrogen) atoms. The van der Waals surface area contributed by atoms with Gasteiger partial charge in [-0.2, -0.15) is 0 Å². The molecular weight excluding hydrogens is 262 g/mol. The van der Waals surface area contributed by atoms with Crippen LogP contribution in [0.15, 0.2) is 48.5 Å². The van der Waals surface area contributed by atoms with Gasteiger partial charge in [0.15, 0.2) is 5.78 Å². The van der Waals surface area contributed by atoms with E-state index < -0.39 is 0 Å². The fraction of sp³-hybridized carbons (Fsp3) is 0.278. The molecule has 0 aromatic heterocycles. The van der Waals surface area contributed by atoms with Gasteiger partial charge in [0.1, 0.15) is 5.75 Å². The van der Waals surface area contributed by atoms with Crippen LogP contribution in [0.1, 0.15) is 28.4 Å². The summed E-state index contributed by atoms with van der Waals surface area (Å²) in [6.07, 6.45) is 0. The molecule has 1 unspecified atom stereocenters. The van der Waals surface area contributed by atoms with Crippen LogP contribution < -0.4 is 10.1 Å². The monoisotopic (exact) mass is 283 g/mol. The van der Waals surface area contributed by atoms with Gasteiger partial charge < -0.3 is 10.1 Å². The summed E-state index contributed by atoms with van der Waals surface area (Å²) in [7, 11) is 1.65. The molecule has 0 aliphatic rings. The van der Waals surface area contributed by atoms with Crippen LogP contribution in [0.3, 0.4) is 0 Å². The Morgan fingerprint density at radius 1 is 1.14 bits per heavy atom. The number of hydrogen-bond acceptors (Lipinski definition) is 3. The number of Topliss-reactive ketones (excluding diaryl/α,β-unsaturated/α-hetero) is 1. The number of carbonyl (C=O) groups excluding carboxylic acids is 1. The van der Waals surface area contributed by atoms with Crippen molar-refractivity contribution in [2.45, 2.75) is 26.4 Å². The summed E-state index contributed by atoms with van der Waals surface area (Å²) in [5.74, 6) is 0.935. The van der Waals surface area contributed by atoms with Crippen LogP contribution in [0.2, 0.25) is 0 Å². The summed E-state index contributed by atoms with van der Waals surface area (Å²) in [5.41, 5.74) is 2.94. The SMILES string of the molecule is COc1ccccc1CNC(C)C(=O)c1ccc(C)cc1. The van der Waals surface area contributed by atoms with Gasteiger partial charge in [-0.1, -0.05) is 48.0 Å². The van der Waals surface area contributed by atoms with Crippen molar-refractivity contribution in [3.8, 4) is 5.75 Å². The predicted octanol–water partition coefficient (Wildman–Crippen LogP) is 3.36. The van der Waals surface area contributed by atoms with Crippen molar-refractivity contribution >= 4 is 5.78 Å². The molecule has 0 aliphatic carbocycles. The second-order valence-electron chi connectivity index (χ2n) is 5.14. The number of methoxy groups -OCH3 is 1. The van der Waals surface area contributed by atoms with Crippen molar-refractivity contribution in [2.24, 2.45) is 0 Å². The zero-order valence-electron chi connectivity index (χ0n) is 12.7. The Bertz CT molecular complexity index is 605. The number of benzene rings is 2. The van der Waals surface area contributed by atoms with E-state index >= 15 is 0 Å². The summed E-state index contributed by atoms with van der Waals surface area (Å²) >= 11 is 0. The zero-order chi connectivity index (χ0) is 15.2. The minimum absolute atomic E-state index is 0.102. The molecule has 0 heterocycles. The van der Waals surface area contributed by atoms with E-state index in [2.05, 4.69) is 5.32 Å². The standard InChI is InChI=1S/C18H21NO2/c1-13-8-10-15(11-9-13)18(20)14(2)19-12-16-6-4-5-7-17(16)21-3/h4-11,14,19H,12H2,1-3H3. The van der Waals surface area contributed by atoms with Crippen LogP contribution in [0.5, 0.6) is 5.75 Å². The van der Waals surface area contributed by atoms with E-state index in [4.69, 9.17) is 4.74 Å². The molecule has 110 valence electrons. The van der Waals surface area contributed by atoms with Crippen LogP contribution in [-0.4, -0.2) is 18.9 Å². The maximum atomic E-state index is 12.3. The van der Waals surface area contributed by atoms with Crippen molar-refractivity contribution in [3.05, 3.63) is 65.2 Å². The third kappa shape index (κ3) is 3.92. The molecule has 1 atom stereocenters. The number of nitrogens with one attached hydrogen (secondary N) is 1. The van der Waals surface area contributed by atoms with Crippen LogP contribution in [0, 0.1) is 6.92 Å². The van der Waals surface area contributed by atoms with E-state index in [-0.39, 0.29) is 11.8 Å². The third-order valence-corrected chi connectivity index (χ3v) is 3.52. The number of hydrogen-bond donors (Lipinski definition) is 1. The molecule has 0 radical (unpaired) electrons. The summed E-state index contributed by atoms with van der Waals surface area (Å²) in [4.78, 5) is 12.3. The highest BCUT2D eigenvalue weighted by molar-refractivity contribution is 5.99. The first-order chi connectivity index (χ1) is 10.1. The smallest absolute Gasteiger partial charge is 0.179 e. The Balaban J connectivity index is 1.99. The lowest BCUT2D eigenvalue weighted by molar-refractivity contribution is 0.0950. The van der Waals surface area contributed by atoms with Crippen molar-refractivity contribution < 1.29 is 9.53 Å². The van der Waals surface area contributed by atoms with E-state index in [9.17, 15) is 4.79 Å². The number of carbonyl (C=O) groups is 1. The maximum absolute atomic E-state index is 12.3. The zero-order valence-corrected chi connectivity index (χ0v) is 12.7. The van der Waals surface area contributed by atoms with E-state index in [0.717, 1.165) is 22.4 Å². The van der Waals surface area contributed by atoms with Crippen LogP contribution in [0.4, 0.5) is 0 Å². The normalized spacial score (nSPS) is 12.0. The molecule has 0 spiro atoms. The molecule has 3 nitrogen and oxygen atoms in total. The first kappa shape index (κ1) is 15.3. The quantitative estimate of drug-likeness (QED) is 0.826. The molecule has 0 bridgehead atoms. The first-order valence-corrected chi connectivity index (χ1v) is 7.08. The second kappa shape index (κ2) is 7.04. The summed E-state index contributed by atoms with van der Waals surface area (Å²) in [6, 6.07) is 15.2. The van der Waals surface area contributed by atoms with Gasteiger partial charge in [0, 0.05) is 17.7 Å². The van der Waals surface area contributed by atoms with Gasteiger partial charge >= 0.3 is 0 Å². The number of para-hydroxylation sites is 1. The van der Waals surface area contributed by atoms with Crippen molar-refractivity contribution in [3.63, 3.8) is 0 Å². The highest BCUT2D eigenvalue weighted by Crippen LogP contribution is 2.17. The Hall–Kier alpha value is -2.13. The first-order valence-electron chi connectivity index (χ1n) is 7.08. The number of ketones is 1. The highest BCUT2D eigenvalue weighted by Gasteiger charge is 2.15. The molecule has 2 aromatic carbocycles. The fourth-order valence-electron chi connectivity index (χ4n) is 2.17. The topological polar surface area (TPSA) is 38.3 Å². The summed E-state index contributed by atoms with van der Waals surface area (Å²) in [6.45, 7) is 4.50. The lowest BCUT2D eigenvalue weighted by atomic mass is 10.0. The van der Waals surface area contributed by atoms with E-state index in [1.807, 2.05) is 62.4 Å². The average molecular weight is 283 g/mol. The van der Waals surface area contributed by atoms with Gasteiger partial charge in [0.2, 0.25) is 0 Å². The van der Waals surface area contributed by atoms with E-state index in [1.54, 1.807) is 7.11 Å². The minimum Gasteiger partial charge on any atom is -0.496 e. The molecule has 2 aromatic rings. The second-order valence-corrected chi connectivity index (χ2v) is 5.14. The predicted molar refractivity (Wildman–Crippen MR) is 84.8 cm³/mol. The molecule has 1 N–H and O–H groups in total. The van der Waals surface area contributed by atoms with Crippen molar-refractivity contribution in [2.75, 3.05) is 7.11 Å². The van der Waals surface area contributed by atoms with Crippen LogP contribution >= 0.6 is 0 Å². The van der Waals surface area contributed by atoms with Crippen molar-refractivity contribution in [1.82, 2.24) is 5.32 Å². The maximum Gasteiger partial charge on any atom is 0.179 e. The number of rotatable bonds is 6. The molecule has 0 saturated heterocycles. The Morgan fingerprint density at radius 3 is 2.48 bits per heavy atom. The molecule has 0 fully saturated rings. The largest absolute Gasteiger partial charge is 0.496 e. The van der Waals surface area contributed by atoms with Gasteiger partial charge in [-0.05, 0) is 19.9 Å². The van der Waals surface area contributed by atoms with Gasteiger partial charge in [-0.25, -0.2) is 0 Å².